The van der Waals surface area contributed by atoms with Crippen molar-refractivity contribution >= 4 is 5.97 Å². The summed E-state index contributed by atoms with van der Waals surface area (Å²) in [5.74, 6) is -0.0403. The van der Waals surface area contributed by atoms with Gasteiger partial charge < -0.3 is 9.84 Å². The van der Waals surface area contributed by atoms with E-state index in [4.69, 9.17) is 9.84 Å². The number of alkyl halides is 1. The zero-order valence-electron chi connectivity index (χ0n) is 19.7. The fraction of sp³-hybridized carbons (Fsp3) is 0.481. The molecule has 1 fully saturated rings. The number of ether oxygens (including phenoxy) is 1. The highest BCUT2D eigenvalue weighted by molar-refractivity contribution is 5.88. The first-order valence-electron chi connectivity index (χ1n) is 11.6. The van der Waals surface area contributed by atoms with Gasteiger partial charge in [0.1, 0.15) is 17.5 Å². The van der Waals surface area contributed by atoms with Gasteiger partial charge in [-0.3, -0.25) is 4.90 Å². The van der Waals surface area contributed by atoms with Gasteiger partial charge in [-0.2, -0.15) is 5.26 Å². The Balaban J connectivity index is 1.65. The van der Waals surface area contributed by atoms with Crippen LogP contribution in [0.15, 0.2) is 42.5 Å². The fourth-order valence-corrected chi connectivity index (χ4v) is 4.59. The second-order valence-electron chi connectivity index (χ2n) is 9.54. The normalized spacial score (nSPS) is 19.1. The van der Waals surface area contributed by atoms with Crippen LogP contribution in [0.3, 0.4) is 0 Å². The van der Waals surface area contributed by atoms with E-state index in [2.05, 4.69) is 17.9 Å². The van der Waals surface area contributed by atoms with Crippen molar-refractivity contribution in [2.75, 3.05) is 19.7 Å². The van der Waals surface area contributed by atoms with Gasteiger partial charge in [0.15, 0.2) is 0 Å². The van der Waals surface area contributed by atoms with Gasteiger partial charge in [-0.1, -0.05) is 31.5 Å². The van der Waals surface area contributed by atoms with Gasteiger partial charge in [0.2, 0.25) is 0 Å². The van der Waals surface area contributed by atoms with Crippen LogP contribution in [0.4, 0.5) is 4.39 Å². The van der Waals surface area contributed by atoms with Crippen LogP contribution in [0.5, 0.6) is 5.75 Å². The molecule has 1 saturated heterocycles. The molecule has 0 spiro atoms. The van der Waals surface area contributed by atoms with E-state index in [0.717, 1.165) is 43.4 Å². The molecule has 1 aliphatic rings. The SMILES string of the molecule is CCCC1CC(COc2ccc(-c3ccc(C(=O)O)cc3)cc2C#N)CCN1CC(C)(C)F. The number of carboxylic acid groups (broad SMARTS) is 1. The summed E-state index contributed by atoms with van der Waals surface area (Å²) in [6, 6.07) is 14.6. The molecule has 6 heteroatoms. The standard InChI is InChI=1S/C27H33FN2O3/c1-4-5-24-14-19(12-13-30(24)18-27(2,3)28)17-33-25-11-10-22(15-23(25)16-29)20-6-8-21(9-7-20)26(31)32/h6-11,15,19,24H,4-5,12-14,17-18H2,1-3H3,(H,31,32). The van der Waals surface area contributed by atoms with E-state index in [1.807, 2.05) is 12.1 Å². The Morgan fingerprint density at radius 1 is 1.24 bits per heavy atom. The third kappa shape index (κ3) is 6.79. The molecule has 1 aliphatic heterocycles. The lowest BCUT2D eigenvalue weighted by molar-refractivity contribution is 0.0375. The van der Waals surface area contributed by atoms with Gasteiger partial charge in [-0.05, 0) is 81.0 Å². The van der Waals surface area contributed by atoms with Gasteiger partial charge in [0.25, 0.3) is 0 Å². The van der Waals surface area contributed by atoms with E-state index < -0.39 is 11.6 Å². The highest BCUT2D eigenvalue weighted by Crippen LogP contribution is 2.31. The van der Waals surface area contributed by atoms with Crippen molar-refractivity contribution in [1.82, 2.24) is 4.90 Å². The van der Waals surface area contributed by atoms with Crippen LogP contribution in [0.25, 0.3) is 11.1 Å². The summed E-state index contributed by atoms with van der Waals surface area (Å²) in [6.07, 6.45) is 4.03. The number of carboxylic acids is 1. The Morgan fingerprint density at radius 3 is 2.55 bits per heavy atom. The van der Waals surface area contributed by atoms with Gasteiger partial charge in [-0.15, -0.1) is 0 Å². The molecule has 0 aliphatic carbocycles. The van der Waals surface area contributed by atoms with Crippen molar-refractivity contribution < 1.29 is 19.0 Å². The lowest BCUT2D eigenvalue weighted by atomic mass is 9.88. The predicted molar refractivity (Wildman–Crippen MR) is 127 cm³/mol. The molecule has 0 radical (unpaired) electrons. The van der Waals surface area contributed by atoms with E-state index in [-0.39, 0.29) is 5.56 Å². The van der Waals surface area contributed by atoms with Crippen molar-refractivity contribution in [2.24, 2.45) is 5.92 Å². The lowest BCUT2D eigenvalue weighted by Crippen LogP contribution is -2.48. The molecule has 0 bridgehead atoms. The van der Waals surface area contributed by atoms with Crippen molar-refractivity contribution in [1.29, 1.82) is 5.26 Å². The third-order valence-electron chi connectivity index (χ3n) is 6.19. The zero-order chi connectivity index (χ0) is 24.0. The topological polar surface area (TPSA) is 73.6 Å². The zero-order valence-corrected chi connectivity index (χ0v) is 19.7. The van der Waals surface area contributed by atoms with Gasteiger partial charge in [0.05, 0.1) is 17.7 Å². The van der Waals surface area contributed by atoms with E-state index in [9.17, 15) is 14.4 Å². The average molecular weight is 453 g/mol. The molecule has 3 rings (SSSR count). The van der Waals surface area contributed by atoms with Crippen LogP contribution in [-0.2, 0) is 0 Å². The number of aromatic carboxylic acids is 1. The molecule has 0 amide bonds. The van der Waals surface area contributed by atoms with Gasteiger partial charge in [-0.25, -0.2) is 9.18 Å². The van der Waals surface area contributed by atoms with Crippen LogP contribution in [0.1, 0.15) is 62.4 Å². The molecule has 2 aromatic rings. The molecule has 0 aromatic heterocycles. The first-order valence-corrected chi connectivity index (χ1v) is 11.6. The smallest absolute Gasteiger partial charge is 0.335 e. The summed E-state index contributed by atoms with van der Waals surface area (Å²) in [5.41, 5.74) is 1.15. The largest absolute Gasteiger partial charge is 0.492 e. The summed E-state index contributed by atoms with van der Waals surface area (Å²) < 4.78 is 20.3. The Hall–Kier alpha value is -2.91. The number of piperidine rings is 1. The van der Waals surface area contributed by atoms with Gasteiger partial charge in [0, 0.05) is 12.6 Å². The number of halogens is 1. The van der Waals surface area contributed by atoms with Crippen LogP contribution in [-0.4, -0.2) is 47.4 Å². The number of nitriles is 1. The number of nitrogens with zero attached hydrogens (tertiary/aromatic N) is 2. The van der Waals surface area contributed by atoms with Crippen LogP contribution >= 0.6 is 0 Å². The minimum Gasteiger partial charge on any atom is -0.492 e. The Morgan fingerprint density at radius 2 is 1.94 bits per heavy atom. The monoisotopic (exact) mass is 452 g/mol. The lowest BCUT2D eigenvalue weighted by Gasteiger charge is -2.41. The first-order chi connectivity index (χ1) is 15.7. The Bertz CT molecular complexity index is 992. The maximum atomic E-state index is 14.2. The summed E-state index contributed by atoms with van der Waals surface area (Å²) in [6.45, 7) is 7.29. The van der Waals surface area contributed by atoms with Crippen LogP contribution < -0.4 is 4.74 Å². The number of benzene rings is 2. The minimum atomic E-state index is -1.20. The number of hydrogen-bond acceptors (Lipinski definition) is 4. The molecule has 0 saturated carbocycles. The van der Waals surface area contributed by atoms with Crippen molar-refractivity contribution in [3.8, 4) is 22.9 Å². The highest BCUT2D eigenvalue weighted by Gasteiger charge is 2.32. The third-order valence-corrected chi connectivity index (χ3v) is 6.19. The molecule has 33 heavy (non-hydrogen) atoms. The number of likely N-dealkylation sites (tertiary alicyclic amines) is 1. The molecular formula is C27H33FN2O3. The molecule has 1 N–H and O–H groups in total. The molecular weight excluding hydrogens is 419 g/mol. The van der Waals surface area contributed by atoms with E-state index in [0.29, 0.717) is 36.4 Å². The summed E-state index contributed by atoms with van der Waals surface area (Å²) in [5, 5.41) is 18.7. The molecule has 5 nitrogen and oxygen atoms in total. The van der Waals surface area contributed by atoms with Crippen molar-refractivity contribution in [3.05, 3.63) is 53.6 Å². The summed E-state index contributed by atoms with van der Waals surface area (Å²) >= 11 is 0. The molecule has 2 aromatic carbocycles. The fourth-order valence-electron chi connectivity index (χ4n) is 4.59. The molecule has 176 valence electrons. The Labute approximate surface area is 195 Å². The second-order valence-corrected chi connectivity index (χ2v) is 9.54. The maximum Gasteiger partial charge on any atom is 0.335 e. The summed E-state index contributed by atoms with van der Waals surface area (Å²) in [7, 11) is 0. The quantitative estimate of drug-likeness (QED) is 0.510. The van der Waals surface area contributed by atoms with Crippen LogP contribution in [0.2, 0.25) is 0 Å². The van der Waals surface area contributed by atoms with Crippen molar-refractivity contribution in [3.63, 3.8) is 0 Å². The molecule has 1 heterocycles. The molecule has 2 unspecified atom stereocenters. The first kappa shape index (κ1) is 24.7. The minimum absolute atomic E-state index is 0.224. The van der Waals surface area contributed by atoms with Crippen molar-refractivity contribution in [2.45, 2.75) is 58.2 Å². The number of carbonyl (C=O) groups is 1. The van der Waals surface area contributed by atoms with Crippen LogP contribution in [0, 0.1) is 17.2 Å². The number of hydrogen-bond donors (Lipinski definition) is 1. The molecule has 2 atom stereocenters. The highest BCUT2D eigenvalue weighted by atomic mass is 19.1. The van der Waals surface area contributed by atoms with E-state index in [1.54, 1.807) is 44.2 Å². The van der Waals surface area contributed by atoms with E-state index >= 15 is 0 Å². The predicted octanol–water partition coefficient (Wildman–Crippen LogP) is 5.93. The Kier molecular flexibility index (Phi) is 8.10. The average Bonchev–Trinajstić information content (AvgIpc) is 2.78. The van der Waals surface area contributed by atoms with Gasteiger partial charge >= 0.3 is 5.97 Å². The van der Waals surface area contributed by atoms with E-state index in [1.165, 1.54) is 0 Å². The summed E-state index contributed by atoms with van der Waals surface area (Å²) in [4.78, 5) is 13.3. The number of rotatable bonds is 9. The maximum absolute atomic E-state index is 14.2. The second kappa shape index (κ2) is 10.8.